The topological polar surface area (TPSA) is 29.5 Å². The lowest BCUT2D eigenvalue weighted by molar-refractivity contribution is -0.139. The van der Waals surface area contributed by atoms with E-state index >= 15 is 0 Å². The fourth-order valence-corrected chi connectivity index (χ4v) is 2.97. The van der Waals surface area contributed by atoms with Crippen molar-refractivity contribution in [2.75, 3.05) is 19.7 Å². The summed E-state index contributed by atoms with van der Waals surface area (Å²) < 4.78 is 5.43. The molecule has 0 aliphatic carbocycles. The number of rotatable bonds is 1. The van der Waals surface area contributed by atoms with Gasteiger partial charge in [-0.1, -0.05) is 36.2 Å². The molecule has 0 N–H and O–H groups in total. The fraction of sp³-hybridized carbons (Fsp3) is 0.471. The Labute approximate surface area is 120 Å². The number of hydrogen-bond donors (Lipinski definition) is 0. The fourth-order valence-electron chi connectivity index (χ4n) is 2.97. The summed E-state index contributed by atoms with van der Waals surface area (Å²) in [7, 11) is 0. The lowest BCUT2D eigenvalue weighted by Gasteiger charge is -2.32. The van der Waals surface area contributed by atoms with Crippen LogP contribution in [0.25, 0.3) is 6.08 Å². The summed E-state index contributed by atoms with van der Waals surface area (Å²) >= 11 is 0. The standard InChI is InChI=1S/C17H21NO2/c1-13-5-7-14(8-6-13)10-15-11-18-9-3-2-4-16(18)12-20-17(15)19/h5-8,10,16H,2-4,9,11-12H2,1H3/b15-10+. The van der Waals surface area contributed by atoms with Gasteiger partial charge in [0.15, 0.2) is 0 Å². The zero-order chi connectivity index (χ0) is 13.9. The molecule has 1 aromatic carbocycles. The highest BCUT2D eigenvalue weighted by Gasteiger charge is 2.29. The van der Waals surface area contributed by atoms with E-state index in [1.807, 2.05) is 18.2 Å². The van der Waals surface area contributed by atoms with Crippen molar-refractivity contribution in [2.24, 2.45) is 0 Å². The summed E-state index contributed by atoms with van der Waals surface area (Å²) in [5.74, 6) is -0.153. The zero-order valence-electron chi connectivity index (χ0n) is 12.0. The molecule has 1 unspecified atom stereocenters. The molecule has 1 atom stereocenters. The lowest BCUT2D eigenvalue weighted by atomic mass is 10.0. The molecule has 3 nitrogen and oxygen atoms in total. The number of aryl methyl sites for hydroxylation is 1. The summed E-state index contributed by atoms with van der Waals surface area (Å²) in [6, 6.07) is 8.65. The Bertz CT molecular complexity index is 518. The van der Waals surface area contributed by atoms with Gasteiger partial charge in [0.05, 0.1) is 5.57 Å². The van der Waals surface area contributed by atoms with E-state index in [1.54, 1.807) is 0 Å². The first kappa shape index (κ1) is 13.4. The van der Waals surface area contributed by atoms with E-state index in [4.69, 9.17) is 4.74 Å². The molecule has 3 rings (SSSR count). The summed E-state index contributed by atoms with van der Waals surface area (Å²) in [6.45, 7) is 4.41. The molecule has 2 aliphatic rings. The second-order valence-corrected chi connectivity index (χ2v) is 5.80. The van der Waals surface area contributed by atoms with Gasteiger partial charge in [-0.3, -0.25) is 4.90 Å². The van der Waals surface area contributed by atoms with Gasteiger partial charge in [0.1, 0.15) is 6.61 Å². The van der Waals surface area contributed by atoms with Crippen LogP contribution < -0.4 is 0 Å². The summed E-state index contributed by atoms with van der Waals surface area (Å²) in [6.07, 6.45) is 5.59. The number of piperidine rings is 1. The van der Waals surface area contributed by atoms with Crippen molar-refractivity contribution in [1.82, 2.24) is 4.90 Å². The number of cyclic esters (lactones) is 1. The van der Waals surface area contributed by atoms with Crippen molar-refractivity contribution in [3.8, 4) is 0 Å². The van der Waals surface area contributed by atoms with Crippen LogP contribution in [0.4, 0.5) is 0 Å². The monoisotopic (exact) mass is 271 g/mol. The first-order valence-electron chi connectivity index (χ1n) is 7.41. The highest BCUT2D eigenvalue weighted by atomic mass is 16.5. The van der Waals surface area contributed by atoms with Crippen molar-refractivity contribution in [2.45, 2.75) is 32.2 Å². The number of esters is 1. The number of benzene rings is 1. The quantitative estimate of drug-likeness (QED) is 0.581. The highest BCUT2D eigenvalue weighted by molar-refractivity contribution is 5.94. The Balaban J connectivity index is 1.83. The van der Waals surface area contributed by atoms with Crippen LogP contribution in [-0.4, -0.2) is 36.6 Å². The van der Waals surface area contributed by atoms with Crippen LogP contribution in [0.1, 0.15) is 30.4 Å². The molecule has 0 saturated carbocycles. The third kappa shape index (κ3) is 2.93. The van der Waals surface area contributed by atoms with Gasteiger partial charge in [0.25, 0.3) is 0 Å². The third-order valence-corrected chi connectivity index (χ3v) is 4.21. The number of carbonyl (C=O) groups excluding carboxylic acids is 1. The van der Waals surface area contributed by atoms with Crippen LogP contribution in [0.3, 0.4) is 0 Å². The van der Waals surface area contributed by atoms with E-state index < -0.39 is 0 Å². The van der Waals surface area contributed by atoms with Crippen LogP contribution >= 0.6 is 0 Å². The number of carbonyl (C=O) groups is 1. The Kier molecular flexibility index (Phi) is 3.88. The van der Waals surface area contributed by atoms with Gasteiger partial charge in [-0.2, -0.15) is 0 Å². The molecule has 0 radical (unpaired) electrons. The zero-order valence-corrected chi connectivity index (χ0v) is 12.0. The van der Waals surface area contributed by atoms with Gasteiger partial charge < -0.3 is 4.74 Å². The number of hydrogen-bond acceptors (Lipinski definition) is 3. The molecule has 20 heavy (non-hydrogen) atoms. The van der Waals surface area contributed by atoms with E-state index in [9.17, 15) is 4.79 Å². The van der Waals surface area contributed by atoms with E-state index in [0.717, 1.165) is 30.6 Å². The minimum atomic E-state index is -0.153. The number of fused-ring (bicyclic) bond motifs is 1. The van der Waals surface area contributed by atoms with Crippen LogP contribution in [-0.2, 0) is 9.53 Å². The Morgan fingerprint density at radius 2 is 2.05 bits per heavy atom. The maximum Gasteiger partial charge on any atom is 0.335 e. The van der Waals surface area contributed by atoms with E-state index in [-0.39, 0.29) is 5.97 Å². The SMILES string of the molecule is Cc1ccc(/C=C2\CN3CCCCC3COC2=O)cc1. The van der Waals surface area contributed by atoms with Gasteiger partial charge in [-0.05, 0) is 37.9 Å². The normalized spacial score (nSPS) is 25.9. The average Bonchev–Trinajstić information content (AvgIpc) is 2.62. The minimum Gasteiger partial charge on any atom is -0.461 e. The molecule has 2 aliphatic heterocycles. The molecule has 106 valence electrons. The van der Waals surface area contributed by atoms with Crippen molar-refractivity contribution in [1.29, 1.82) is 0 Å². The van der Waals surface area contributed by atoms with E-state index in [1.165, 1.54) is 18.4 Å². The molecule has 1 aromatic rings. The lowest BCUT2D eigenvalue weighted by Crippen LogP contribution is -2.41. The summed E-state index contributed by atoms with van der Waals surface area (Å²) in [4.78, 5) is 14.5. The van der Waals surface area contributed by atoms with E-state index in [0.29, 0.717) is 12.6 Å². The maximum absolute atomic E-state index is 12.1. The van der Waals surface area contributed by atoms with Crippen molar-refractivity contribution in [3.05, 3.63) is 41.0 Å². The largest absolute Gasteiger partial charge is 0.461 e. The first-order chi connectivity index (χ1) is 9.72. The smallest absolute Gasteiger partial charge is 0.335 e. The molecule has 0 aromatic heterocycles. The molecule has 0 amide bonds. The van der Waals surface area contributed by atoms with Crippen LogP contribution in [0, 0.1) is 6.92 Å². The van der Waals surface area contributed by atoms with Gasteiger partial charge in [-0.25, -0.2) is 4.79 Å². The van der Waals surface area contributed by atoms with Crippen LogP contribution in [0.15, 0.2) is 29.8 Å². The first-order valence-corrected chi connectivity index (χ1v) is 7.41. The minimum absolute atomic E-state index is 0.153. The van der Waals surface area contributed by atoms with Crippen LogP contribution in [0.2, 0.25) is 0 Å². The molecule has 2 heterocycles. The predicted molar refractivity (Wildman–Crippen MR) is 79.3 cm³/mol. The van der Waals surface area contributed by atoms with Gasteiger partial charge in [0.2, 0.25) is 0 Å². The second kappa shape index (κ2) is 5.80. The summed E-state index contributed by atoms with van der Waals surface area (Å²) in [5, 5.41) is 0. The second-order valence-electron chi connectivity index (χ2n) is 5.80. The van der Waals surface area contributed by atoms with E-state index in [2.05, 4.69) is 24.0 Å². The maximum atomic E-state index is 12.1. The highest BCUT2D eigenvalue weighted by Crippen LogP contribution is 2.23. The van der Waals surface area contributed by atoms with Gasteiger partial charge in [-0.15, -0.1) is 0 Å². The average molecular weight is 271 g/mol. The molecule has 3 heteroatoms. The number of nitrogens with zero attached hydrogens (tertiary/aromatic N) is 1. The van der Waals surface area contributed by atoms with Crippen molar-refractivity contribution >= 4 is 12.0 Å². The number of ether oxygens (including phenoxy) is 1. The van der Waals surface area contributed by atoms with Crippen molar-refractivity contribution < 1.29 is 9.53 Å². The summed E-state index contributed by atoms with van der Waals surface area (Å²) in [5.41, 5.74) is 3.07. The van der Waals surface area contributed by atoms with Gasteiger partial charge in [0, 0.05) is 12.6 Å². The molecular weight excluding hydrogens is 250 g/mol. The molecule has 0 spiro atoms. The Morgan fingerprint density at radius 3 is 2.85 bits per heavy atom. The van der Waals surface area contributed by atoms with Gasteiger partial charge >= 0.3 is 5.97 Å². The predicted octanol–water partition coefficient (Wildman–Crippen LogP) is 2.79. The molecule has 2 saturated heterocycles. The molecular formula is C17H21NO2. The Hall–Kier alpha value is -1.61. The molecule has 0 bridgehead atoms. The molecule has 2 fully saturated rings. The van der Waals surface area contributed by atoms with Crippen LogP contribution in [0.5, 0.6) is 0 Å². The van der Waals surface area contributed by atoms with Crippen molar-refractivity contribution in [3.63, 3.8) is 0 Å². The Morgan fingerprint density at radius 1 is 1.25 bits per heavy atom. The third-order valence-electron chi connectivity index (χ3n) is 4.21.